The number of carbonyl (C=O) groups excluding carboxylic acids is 1. The summed E-state index contributed by atoms with van der Waals surface area (Å²) in [6.07, 6.45) is 3.66. The summed E-state index contributed by atoms with van der Waals surface area (Å²) in [5.74, 6) is 0.766. The summed E-state index contributed by atoms with van der Waals surface area (Å²) in [6, 6.07) is 3.67. The van der Waals surface area contributed by atoms with Crippen molar-refractivity contribution in [1.29, 1.82) is 0 Å². The maximum atomic E-state index is 12.2. The Morgan fingerprint density at radius 1 is 1.38 bits per heavy atom. The van der Waals surface area contributed by atoms with Gasteiger partial charge in [0.15, 0.2) is 0 Å². The number of hydrogen-bond donors (Lipinski definition) is 1. The Bertz CT molecular complexity index is 636. The number of aryl methyl sites for hydroxylation is 1. The lowest BCUT2D eigenvalue weighted by molar-refractivity contribution is 0.0987. The molecule has 0 saturated heterocycles. The minimum atomic E-state index is -0.323. The second-order valence-corrected chi connectivity index (χ2v) is 6.15. The lowest BCUT2D eigenvalue weighted by Gasteiger charge is -2.06. The second kappa shape index (κ2) is 7.02. The van der Waals surface area contributed by atoms with Gasteiger partial charge in [0.05, 0.1) is 5.69 Å². The third-order valence-corrected chi connectivity index (χ3v) is 4.02. The fourth-order valence-electron chi connectivity index (χ4n) is 2.14. The summed E-state index contributed by atoms with van der Waals surface area (Å²) in [6.45, 7) is 6.10. The minimum Gasteiger partial charge on any atom is -0.351 e. The van der Waals surface area contributed by atoms with Gasteiger partial charge in [0.2, 0.25) is 5.76 Å². The van der Waals surface area contributed by atoms with Crippen molar-refractivity contribution in [2.75, 3.05) is 5.32 Å². The highest BCUT2D eigenvalue weighted by Gasteiger charge is 2.18. The molecular weight excluding hydrogens is 381 g/mol. The predicted octanol–water partition coefficient (Wildman–Crippen LogP) is 4.14. The Kier molecular flexibility index (Phi) is 5.33. The van der Waals surface area contributed by atoms with Gasteiger partial charge in [-0.25, -0.2) is 4.98 Å². The van der Waals surface area contributed by atoms with Crippen LogP contribution in [0.4, 0.5) is 5.82 Å². The molecule has 2 aromatic heterocycles. The van der Waals surface area contributed by atoms with Gasteiger partial charge in [0.25, 0.3) is 5.91 Å². The van der Waals surface area contributed by atoms with Crippen molar-refractivity contribution in [3.8, 4) is 0 Å². The van der Waals surface area contributed by atoms with E-state index >= 15 is 0 Å². The van der Waals surface area contributed by atoms with E-state index < -0.39 is 0 Å². The van der Waals surface area contributed by atoms with E-state index in [2.05, 4.69) is 51.9 Å². The number of halogens is 1. The monoisotopic (exact) mass is 399 g/mol. The van der Waals surface area contributed by atoms with Crippen molar-refractivity contribution < 1.29 is 9.32 Å². The van der Waals surface area contributed by atoms with Crippen LogP contribution in [0.5, 0.6) is 0 Å². The van der Waals surface area contributed by atoms with E-state index in [0.717, 1.165) is 27.7 Å². The van der Waals surface area contributed by atoms with Gasteiger partial charge in [-0.2, -0.15) is 0 Å². The van der Waals surface area contributed by atoms with Gasteiger partial charge in [-0.1, -0.05) is 19.0 Å². The zero-order valence-electron chi connectivity index (χ0n) is 12.3. The van der Waals surface area contributed by atoms with Crippen LogP contribution < -0.4 is 5.32 Å². The lowest BCUT2D eigenvalue weighted by atomic mass is 9.99. The smallest absolute Gasteiger partial charge is 0.295 e. The first-order valence-electron chi connectivity index (χ1n) is 6.95. The van der Waals surface area contributed by atoms with E-state index in [1.165, 1.54) is 0 Å². The molecule has 21 heavy (non-hydrogen) atoms. The van der Waals surface area contributed by atoms with Crippen molar-refractivity contribution in [2.45, 2.75) is 39.5 Å². The first kappa shape index (κ1) is 15.9. The summed E-state index contributed by atoms with van der Waals surface area (Å²) >= 11 is 2.18. The van der Waals surface area contributed by atoms with E-state index in [9.17, 15) is 4.79 Å². The topological polar surface area (TPSA) is 68.0 Å². The highest BCUT2D eigenvalue weighted by Crippen LogP contribution is 2.23. The number of hydrogen-bond acceptors (Lipinski definition) is 4. The summed E-state index contributed by atoms with van der Waals surface area (Å²) in [5, 5.41) is 6.75. The quantitative estimate of drug-likeness (QED) is 0.768. The molecule has 6 heteroatoms. The van der Waals surface area contributed by atoms with Crippen LogP contribution in [0.1, 0.15) is 54.4 Å². The number of rotatable bonds is 5. The molecule has 0 bridgehead atoms. The van der Waals surface area contributed by atoms with E-state index in [-0.39, 0.29) is 11.7 Å². The van der Waals surface area contributed by atoms with Gasteiger partial charge in [0, 0.05) is 21.8 Å². The zero-order valence-corrected chi connectivity index (χ0v) is 14.5. The second-order valence-electron chi connectivity index (χ2n) is 4.90. The average Bonchev–Trinajstić information content (AvgIpc) is 2.93. The number of carbonyl (C=O) groups is 1. The summed E-state index contributed by atoms with van der Waals surface area (Å²) < 4.78 is 6.18. The van der Waals surface area contributed by atoms with Crippen LogP contribution in [0.2, 0.25) is 0 Å². The number of anilines is 1. The number of aromatic nitrogens is 2. The molecule has 0 aliphatic heterocycles. The molecule has 2 rings (SSSR count). The lowest BCUT2D eigenvalue weighted by Crippen LogP contribution is -2.13. The molecule has 0 atom stereocenters. The van der Waals surface area contributed by atoms with Crippen molar-refractivity contribution in [3.05, 3.63) is 38.9 Å². The number of nitrogens with zero attached hydrogens (tertiary/aromatic N) is 2. The van der Waals surface area contributed by atoms with Gasteiger partial charge in [-0.3, -0.25) is 4.79 Å². The van der Waals surface area contributed by atoms with Crippen LogP contribution in [0.3, 0.4) is 0 Å². The molecule has 5 nitrogen and oxygen atoms in total. The van der Waals surface area contributed by atoms with E-state index in [0.29, 0.717) is 11.7 Å². The van der Waals surface area contributed by atoms with Crippen molar-refractivity contribution >= 4 is 34.3 Å². The molecule has 1 amide bonds. The normalized spacial score (nSPS) is 10.9. The van der Waals surface area contributed by atoms with Crippen molar-refractivity contribution in [1.82, 2.24) is 10.1 Å². The predicted molar refractivity (Wildman–Crippen MR) is 89.5 cm³/mol. The van der Waals surface area contributed by atoms with Crippen LogP contribution in [0.25, 0.3) is 0 Å². The molecule has 0 saturated carbocycles. The summed E-state index contributed by atoms with van der Waals surface area (Å²) in [7, 11) is 0. The molecule has 0 aromatic carbocycles. The molecule has 0 radical (unpaired) electrons. The Labute approximate surface area is 137 Å². The van der Waals surface area contributed by atoms with Gasteiger partial charge in [0.1, 0.15) is 5.82 Å². The molecular formula is C15H18IN3O2. The van der Waals surface area contributed by atoms with E-state index in [4.69, 9.17) is 4.52 Å². The molecule has 0 aliphatic carbocycles. The van der Waals surface area contributed by atoms with Crippen LogP contribution >= 0.6 is 22.6 Å². The van der Waals surface area contributed by atoms with Gasteiger partial charge >= 0.3 is 0 Å². The summed E-state index contributed by atoms with van der Waals surface area (Å²) in [5.41, 5.74) is 1.74. The SMILES string of the molecule is CCC(CC)c1cc(C(=O)Nc2ncc(I)cc2C)on1. The summed E-state index contributed by atoms with van der Waals surface area (Å²) in [4.78, 5) is 16.4. The van der Waals surface area contributed by atoms with E-state index in [1.807, 2.05) is 13.0 Å². The van der Waals surface area contributed by atoms with Gasteiger partial charge in [-0.15, -0.1) is 0 Å². The van der Waals surface area contributed by atoms with Gasteiger partial charge < -0.3 is 9.84 Å². The zero-order chi connectivity index (χ0) is 15.4. The number of pyridine rings is 1. The molecule has 2 aromatic rings. The standard InChI is InChI=1S/C15H18IN3O2/c1-4-10(5-2)12-7-13(21-19-12)15(20)18-14-9(3)6-11(16)8-17-14/h6-8,10H,4-5H2,1-3H3,(H,17,18,20). The number of amides is 1. The maximum absolute atomic E-state index is 12.2. The third-order valence-electron chi connectivity index (χ3n) is 3.43. The van der Waals surface area contributed by atoms with Crippen LogP contribution in [0, 0.1) is 10.5 Å². The van der Waals surface area contributed by atoms with Crippen molar-refractivity contribution in [2.24, 2.45) is 0 Å². The van der Waals surface area contributed by atoms with E-state index in [1.54, 1.807) is 12.3 Å². The van der Waals surface area contributed by atoms with Crippen LogP contribution in [-0.2, 0) is 0 Å². The molecule has 0 unspecified atom stereocenters. The largest absolute Gasteiger partial charge is 0.351 e. The van der Waals surface area contributed by atoms with Crippen LogP contribution in [-0.4, -0.2) is 16.0 Å². The molecule has 1 N–H and O–H groups in total. The molecule has 112 valence electrons. The Balaban J connectivity index is 2.13. The average molecular weight is 399 g/mol. The molecule has 0 aliphatic rings. The minimum absolute atomic E-state index is 0.219. The third kappa shape index (κ3) is 3.81. The van der Waals surface area contributed by atoms with Crippen LogP contribution in [0.15, 0.2) is 22.9 Å². The Morgan fingerprint density at radius 3 is 2.71 bits per heavy atom. The maximum Gasteiger partial charge on any atom is 0.295 e. The highest BCUT2D eigenvalue weighted by molar-refractivity contribution is 14.1. The first-order valence-corrected chi connectivity index (χ1v) is 8.03. The Hall–Kier alpha value is -1.44. The fourth-order valence-corrected chi connectivity index (χ4v) is 2.74. The highest BCUT2D eigenvalue weighted by atomic mass is 127. The number of nitrogens with one attached hydrogen (secondary N) is 1. The van der Waals surface area contributed by atoms with Crippen molar-refractivity contribution in [3.63, 3.8) is 0 Å². The molecule has 0 spiro atoms. The molecule has 2 heterocycles. The van der Waals surface area contributed by atoms with Gasteiger partial charge in [-0.05, 0) is 54.0 Å². The Morgan fingerprint density at radius 2 is 2.10 bits per heavy atom. The fraction of sp³-hybridized carbons (Fsp3) is 0.400. The molecule has 0 fully saturated rings. The first-order chi connectivity index (χ1) is 10.0.